The third-order valence-electron chi connectivity index (χ3n) is 5.31. The molecule has 0 unspecified atom stereocenters. The standard InChI is InChI=1S/C22H23N5O2/c1-4-20(28)26-9-8-18-16(6-5-7-17(18)13-26)11-23-22(29)19-12-24-27-15(3)10-14(2)25-21(19)27/h4-7,10,12H,1,8-9,11,13H2,2-3H3,(H,23,29). The highest BCUT2D eigenvalue weighted by Crippen LogP contribution is 2.23. The lowest BCUT2D eigenvalue weighted by atomic mass is 9.94. The number of benzene rings is 1. The van der Waals surface area contributed by atoms with Gasteiger partial charge in [0.05, 0.1) is 6.20 Å². The molecule has 0 saturated heterocycles. The van der Waals surface area contributed by atoms with E-state index in [0.29, 0.717) is 30.8 Å². The van der Waals surface area contributed by atoms with E-state index in [0.717, 1.165) is 28.9 Å². The minimum absolute atomic E-state index is 0.0551. The normalized spacial score (nSPS) is 13.2. The molecule has 0 radical (unpaired) electrons. The van der Waals surface area contributed by atoms with Crippen molar-refractivity contribution >= 4 is 17.5 Å². The van der Waals surface area contributed by atoms with E-state index in [9.17, 15) is 9.59 Å². The third-order valence-corrected chi connectivity index (χ3v) is 5.31. The van der Waals surface area contributed by atoms with Crippen molar-refractivity contribution in [2.45, 2.75) is 33.4 Å². The quantitative estimate of drug-likeness (QED) is 0.695. The van der Waals surface area contributed by atoms with Crippen molar-refractivity contribution in [3.63, 3.8) is 0 Å². The van der Waals surface area contributed by atoms with Crippen LogP contribution < -0.4 is 5.32 Å². The van der Waals surface area contributed by atoms with Crippen molar-refractivity contribution in [3.8, 4) is 0 Å². The molecule has 1 N–H and O–H groups in total. The van der Waals surface area contributed by atoms with E-state index in [2.05, 4.69) is 22.0 Å². The molecule has 0 atom stereocenters. The van der Waals surface area contributed by atoms with Gasteiger partial charge in [-0.2, -0.15) is 5.10 Å². The predicted octanol–water partition coefficient (Wildman–Crippen LogP) is 2.35. The highest BCUT2D eigenvalue weighted by molar-refractivity contribution is 5.99. The van der Waals surface area contributed by atoms with Crippen molar-refractivity contribution in [2.75, 3.05) is 6.54 Å². The Morgan fingerprint density at radius 1 is 1.31 bits per heavy atom. The van der Waals surface area contributed by atoms with E-state index < -0.39 is 0 Å². The van der Waals surface area contributed by atoms with Gasteiger partial charge in [0.2, 0.25) is 5.91 Å². The summed E-state index contributed by atoms with van der Waals surface area (Å²) in [4.78, 5) is 31.0. The fourth-order valence-electron chi connectivity index (χ4n) is 3.87. The van der Waals surface area contributed by atoms with Crippen LogP contribution in [0.15, 0.2) is 43.1 Å². The van der Waals surface area contributed by atoms with Crippen LogP contribution in [0.25, 0.3) is 5.65 Å². The van der Waals surface area contributed by atoms with Crippen molar-refractivity contribution in [1.82, 2.24) is 24.8 Å². The number of carbonyl (C=O) groups excluding carboxylic acids is 2. The number of nitrogens with one attached hydrogen (secondary N) is 1. The second-order valence-electron chi connectivity index (χ2n) is 7.28. The first-order valence-corrected chi connectivity index (χ1v) is 9.59. The average Bonchev–Trinajstić information content (AvgIpc) is 3.15. The Morgan fingerprint density at radius 3 is 2.93 bits per heavy atom. The molecule has 0 saturated carbocycles. The van der Waals surface area contributed by atoms with Gasteiger partial charge in [-0.15, -0.1) is 0 Å². The summed E-state index contributed by atoms with van der Waals surface area (Å²) in [5.41, 5.74) is 6.19. The summed E-state index contributed by atoms with van der Waals surface area (Å²) in [5.74, 6) is -0.255. The first kappa shape index (κ1) is 18.9. The van der Waals surface area contributed by atoms with E-state index in [1.807, 2.05) is 38.1 Å². The molecule has 1 aliphatic rings. The van der Waals surface area contributed by atoms with Crippen LogP contribution in [-0.2, 0) is 24.3 Å². The van der Waals surface area contributed by atoms with Crippen LogP contribution in [0.5, 0.6) is 0 Å². The largest absolute Gasteiger partial charge is 0.348 e. The summed E-state index contributed by atoms with van der Waals surface area (Å²) in [6.07, 6.45) is 3.67. The molecule has 0 spiro atoms. The maximum atomic E-state index is 12.8. The van der Waals surface area contributed by atoms with Gasteiger partial charge in [0.25, 0.3) is 5.91 Å². The molecule has 0 aliphatic carbocycles. The maximum absolute atomic E-state index is 12.8. The zero-order valence-electron chi connectivity index (χ0n) is 16.6. The number of hydrogen-bond donors (Lipinski definition) is 1. The second-order valence-corrected chi connectivity index (χ2v) is 7.28. The van der Waals surface area contributed by atoms with Crippen LogP contribution >= 0.6 is 0 Å². The molecule has 4 rings (SSSR count). The van der Waals surface area contributed by atoms with Crippen LogP contribution in [-0.4, -0.2) is 37.9 Å². The van der Waals surface area contributed by atoms with Gasteiger partial charge in [-0.25, -0.2) is 9.50 Å². The summed E-state index contributed by atoms with van der Waals surface area (Å²) >= 11 is 0. The maximum Gasteiger partial charge on any atom is 0.257 e. The van der Waals surface area contributed by atoms with E-state index in [4.69, 9.17) is 0 Å². The van der Waals surface area contributed by atoms with Gasteiger partial charge in [0.1, 0.15) is 5.56 Å². The monoisotopic (exact) mass is 389 g/mol. The Labute approximate surface area is 169 Å². The predicted molar refractivity (Wildman–Crippen MR) is 109 cm³/mol. The Hall–Kier alpha value is -3.48. The van der Waals surface area contributed by atoms with E-state index in [1.165, 1.54) is 11.6 Å². The van der Waals surface area contributed by atoms with Crippen molar-refractivity contribution in [1.29, 1.82) is 0 Å². The lowest BCUT2D eigenvalue weighted by Crippen LogP contribution is -2.35. The molecule has 0 fully saturated rings. The summed E-state index contributed by atoms with van der Waals surface area (Å²) in [6.45, 7) is 9.04. The summed E-state index contributed by atoms with van der Waals surface area (Å²) < 4.78 is 1.68. The fraction of sp³-hybridized carbons (Fsp3) is 0.273. The summed E-state index contributed by atoms with van der Waals surface area (Å²) in [7, 11) is 0. The second kappa shape index (κ2) is 7.50. The number of amides is 2. The molecule has 0 bridgehead atoms. The first-order chi connectivity index (χ1) is 14.0. The van der Waals surface area contributed by atoms with Crippen LogP contribution in [0.3, 0.4) is 0 Å². The molecule has 3 heterocycles. The first-order valence-electron chi connectivity index (χ1n) is 9.59. The minimum atomic E-state index is -0.200. The molecule has 3 aromatic rings. The number of carbonyl (C=O) groups is 2. The lowest BCUT2D eigenvalue weighted by molar-refractivity contribution is -0.126. The van der Waals surface area contributed by atoms with Gasteiger partial charge in [0, 0.05) is 31.0 Å². The lowest BCUT2D eigenvalue weighted by Gasteiger charge is -2.29. The molecule has 7 heteroatoms. The van der Waals surface area contributed by atoms with E-state index in [-0.39, 0.29) is 11.8 Å². The van der Waals surface area contributed by atoms with Gasteiger partial charge in [-0.05, 0) is 49.1 Å². The third kappa shape index (κ3) is 3.51. The molecule has 1 aromatic carbocycles. The van der Waals surface area contributed by atoms with Crippen molar-refractivity contribution < 1.29 is 9.59 Å². The molecule has 2 amide bonds. The number of aryl methyl sites for hydroxylation is 2. The Balaban J connectivity index is 1.53. The zero-order valence-corrected chi connectivity index (χ0v) is 16.6. The van der Waals surface area contributed by atoms with E-state index in [1.54, 1.807) is 15.6 Å². The van der Waals surface area contributed by atoms with Gasteiger partial charge >= 0.3 is 0 Å². The smallest absolute Gasteiger partial charge is 0.257 e. The van der Waals surface area contributed by atoms with Gasteiger partial charge in [-0.3, -0.25) is 9.59 Å². The van der Waals surface area contributed by atoms with Gasteiger partial charge in [-0.1, -0.05) is 24.8 Å². The number of fused-ring (bicyclic) bond motifs is 2. The highest BCUT2D eigenvalue weighted by Gasteiger charge is 2.21. The molecule has 2 aromatic heterocycles. The van der Waals surface area contributed by atoms with Crippen LogP contribution in [0, 0.1) is 13.8 Å². The molecule has 7 nitrogen and oxygen atoms in total. The Kier molecular flexibility index (Phi) is 4.88. The number of rotatable bonds is 4. The van der Waals surface area contributed by atoms with Gasteiger partial charge < -0.3 is 10.2 Å². The van der Waals surface area contributed by atoms with Crippen molar-refractivity contribution in [3.05, 3.63) is 76.8 Å². The minimum Gasteiger partial charge on any atom is -0.348 e. The van der Waals surface area contributed by atoms with Crippen LogP contribution in [0.1, 0.15) is 38.4 Å². The van der Waals surface area contributed by atoms with E-state index >= 15 is 0 Å². The summed E-state index contributed by atoms with van der Waals surface area (Å²) in [5, 5.41) is 7.29. The van der Waals surface area contributed by atoms with Crippen molar-refractivity contribution in [2.24, 2.45) is 0 Å². The molecule has 1 aliphatic heterocycles. The average molecular weight is 389 g/mol. The number of aromatic nitrogens is 3. The number of hydrogen-bond acceptors (Lipinski definition) is 4. The molecule has 148 valence electrons. The SMILES string of the molecule is C=CC(=O)N1CCc2c(CNC(=O)c3cnn4c(C)cc(C)nc34)cccc2C1. The van der Waals surface area contributed by atoms with Gasteiger partial charge in [0.15, 0.2) is 5.65 Å². The van der Waals surface area contributed by atoms with Crippen LogP contribution in [0.2, 0.25) is 0 Å². The molecular formula is C22H23N5O2. The summed E-state index contributed by atoms with van der Waals surface area (Å²) in [6, 6.07) is 7.95. The van der Waals surface area contributed by atoms with Crippen LogP contribution in [0.4, 0.5) is 0 Å². The Morgan fingerprint density at radius 2 is 2.14 bits per heavy atom. The number of nitrogens with zero attached hydrogens (tertiary/aromatic N) is 4. The zero-order chi connectivity index (χ0) is 20.5. The molecular weight excluding hydrogens is 366 g/mol. The highest BCUT2D eigenvalue weighted by atomic mass is 16.2. The fourth-order valence-corrected chi connectivity index (χ4v) is 3.87. The molecule has 29 heavy (non-hydrogen) atoms. The topological polar surface area (TPSA) is 79.6 Å². The Bertz CT molecular complexity index is 1130.